The largest absolute Gasteiger partial charge is 0.493 e. The summed E-state index contributed by atoms with van der Waals surface area (Å²) in [5.74, 6) is 0.887. The van der Waals surface area contributed by atoms with Crippen molar-refractivity contribution in [1.29, 1.82) is 0 Å². The number of rotatable bonds is 5. The maximum absolute atomic E-state index is 12.9. The van der Waals surface area contributed by atoms with E-state index in [-0.39, 0.29) is 5.82 Å². The van der Waals surface area contributed by atoms with Crippen LogP contribution in [0.2, 0.25) is 0 Å². The summed E-state index contributed by atoms with van der Waals surface area (Å²) in [4.78, 5) is 0. The number of hydrogen-bond donors (Lipinski definition) is 1. The number of hydrogen-bond acceptors (Lipinski definition) is 2. The summed E-state index contributed by atoms with van der Waals surface area (Å²) in [6.45, 7) is 3.80. The molecule has 1 aliphatic rings. The minimum Gasteiger partial charge on any atom is -0.493 e. The van der Waals surface area contributed by atoms with Gasteiger partial charge in [-0.1, -0.05) is 37.3 Å². The molecule has 0 saturated carbocycles. The fourth-order valence-corrected chi connectivity index (χ4v) is 3.02. The molecule has 2 aromatic rings. The Labute approximate surface area is 131 Å². The summed E-state index contributed by atoms with van der Waals surface area (Å²) in [6.07, 6.45) is 2.88. The van der Waals surface area contributed by atoms with Crippen molar-refractivity contribution in [3.05, 3.63) is 65.0 Å². The van der Waals surface area contributed by atoms with Crippen LogP contribution >= 0.6 is 0 Å². The number of halogens is 1. The summed E-state index contributed by atoms with van der Waals surface area (Å²) in [6, 6.07) is 13.5. The third-order valence-electron chi connectivity index (χ3n) is 4.25. The van der Waals surface area contributed by atoms with Crippen molar-refractivity contribution in [3.8, 4) is 5.75 Å². The van der Waals surface area contributed by atoms with Crippen LogP contribution in [0.5, 0.6) is 5.75 Å². The van der Waals surface area contributed by atoms with Crippen molar-refractivity contribution in [3.63, 3.8) is 0 Å². The minimum absolute atomic E-state index is 0.179. The zero-order chi connectivity index (χ0) is 15.4. The zero-order valence-electron chi connectivity index (χ0n) is 12.9. The summed E-state index contributed by atoms with van der Waals surface area (Å²) in [5, 5.41) is 3.62. The molecule has 0 saturated heterocycles. The molecule has 0 radical (unpaired) electrons. The van der Waals surface area contributed by atoms with Gasteiger partial charge in [0.05, 0.1) is 6.61 Å². The average molecular weight is 299 g/mol. The van der Waals surface area contributed by atoms with Crippen molar-refractivity contribution < 1.29 is 9.13 Å². The van der Waals surface area contributed by atoms with E-state index >= 15 is 0 Å². The number of fused-ring (bicyclic) bond motifs is 1. The predicted octanol–water partition coefficient (Wildman–Crippen LogP) is 4.04. The quantitative estimate of drug-likeness (QED) is 0.899. The molecular weight excluding hydrogens is 277 g/mol. The number of ether oxygens (including phenoxy) is 1. The first-order chi connectivity index (χ1) is 10.8. The molecule has 1 aliphatic heterocycles. The van der Waals surface area contributed by atoms with Gasteiger partial charge in [0, 0.05) is 18.0 Å². The first-order valence-electron chi connectivity index (χ1n) is 8.00. The van der Waals surface area contributed by atoms with Crippen LogP contribution < -0.4 is 10.1 Å². The lowest BCUT2D eigenvalue weighted by molar-refractivity contribution is 0.251. The first kappa shape index (κ1) is 15.0. The van der Waals surface area contributed by atoms with Crippen molar-refractivity contribution >= 4 is 0 Å². The molecule has 0 amide bonds. The summed E-state index contributed by atoms with van der Waals surface area (Å²) in [7, 11) is 0. The Morgan fingerprint density at radius 3 is 2.77 bits per heavy atom. The van der Waals surface area contributed by atoms with Crippen LogP contribution in [0.25, 0.3) is 0 Å². The summed E-state index contributed by atoms with van der Waals surface area (Å²) in [5.41, 5.74) is 3.70. The normalized spacial score (nSPS) is 16.9. The SMILES string of the molecule is CCc1cccc2c1OCCC2NCCc1ccc(F)cc1. The number of aryl methyl sites for hydroxylation is 1. The number of nitrogens with one attached hydrogen (secondary N) is 1. The summed E-state index contributed by atoms with van der Waals surface area (Å²) < 4.78 is 18.8. The Bertz CT molecular complexity index is 624. The molecule has 2 aromatic carbocycles. The maximum atomic E-state index is 12.9. The Morgan fingerprint density at radius 1 is 1.18 bits per heavy atom. The van der Waals surface area contributed by atoms with Crippen LogP contribution in [0.1, 0.15) is 36.1 Å². The van der Waals surface area contributed by atoms with Crippen molar-refractivity contribution in [2.45, 2.75) is 32.2 Å². The third kappa shape index (κ3) is 3.30. The van der Waals surface area contributed by atoms with E-state index in [0.29, 0.717) is 6.04 Å². The lowest BCUT2D eigenvalue weighted by Crippen LogP contribution is -2.29. The van der Waals surface area contributed by atoms with E-state index < -0.39 is 0 Å². The Balaban J connectivity index is 1.64. The summed E-state index contributed by atoms with van der Waals surface area (Å²) >= 11 is 0. The molecule has 2 nitrogen and oxygen atoms in total. The fraction of sp³-hybridized carbons (Fsp3) is 0.368. The van der Waals surface area contributed by atoms with Crippen LogP contribution in [0, 0.1) is 5.82 Å². The second kappa shape index (κ2) is 6.93. The topological polar surface area (TPSA) is 21.3 Å². The molecule has 0 fully saturated rings. The van der Waals surface area contributed by atoms with Gasteiger partial charge in [-0.3, -0.25) is 0 Å². The van der Waals surface area contributed by atoms with E-state index in [1.165, 1.54) is 23.3 Å². The first-order valence-corrected chi connectivity index (χ1v) is 8.00. The lowest BCUT2D eigenvalue weighted by Gasteiger charge is -2.28. The zero-order valence-corrected chi connectivity index (χ0v) is 12.9. The van der Waals surface area contributed by atoms with Crippen LogP contribution in [0.4, 0.5) is 4.39 Å². The van der Waals surface area contributed by atoms with E-state index in [9.17, 15) is 4.39 Å². The van der Waals surface area contributed by atoms with Gasteiger partial charge in [-0.05, 0) is 42.6 Å². The molecule has 1 N–H and O–H groups in total. The second-order valence-corrected chi connectivity index (χ2v) is 5.71. The Kier molecular flexibility index (Phi) is 4.74. The maximum Gasteiger partial charge on any atom is 0.127 e. The van der Waals surface area contributed by atoms with Gasteiger partial charge in [0.2, 0.25) is 0 Å². The highest BCUT2D eigenvalue weighted by Gasteiger charge is 2.22. The average Bonchev–Trinajstić information content (AvgIpc) is 2.56. The minimum atomic E-state index is -0.179. The van der Waals surface area contributed by atoms with Crippen LogP contribution in [0.15, 0.2) is 42.5 Å². The highest BCUT2D eigenvalue weighted by molar-refractivity contribution is 5.44. The van der Waals surface area contributed by atoms with E-state index in [2.05, 4.69) is 30.4 Å². The van der Waals surface area contributed by atoms with Gasteiger partial charge < -0.3 is 10.1 Å². The molecule has 3 rings (SSSR count). The standard InChI is InChI=1S/C19H22FNO/c1-2-15-4-3-5-17-18(11-13-22-19(15)17)21-12-10-14-6-8-16(20)9-7-14/h3-9,18,21H,2,10-13H2,1H3. The van der Waals surface area contributed by atoms with Crippen molar-refractivity contribution in [1.82, 2.24) is 5.32 Å². The van der Waals surface area contributed by atoms with E-state index in [4.69, 9.17) is 4.74 Å². The Hall–Kier alpha value is -1.87. The highest BCUT2D eigenvalue weighted by Crippen LogP contribution is 2.35. The molecule has 0 spiro atoms. The van der Waals surface area contributed by atoms with Gasteiger partial charge >= 0.3 is 0 Å². The van der Waals surface area contributed by atoms with Gasteiger partial charge in [0.25, 0.3) is 0 Å². The predicted molar refractivity (Wildman–Crippen MR) is 86.8 cm³/mol. The van der Waals surface area contributed by atoms with Gasteiger partial charge in [0.1, 0.15) is 11.6 Å². The van der Waals surface area contributed by atoms with E-state index in [0.717, 1.165) is 43.7 Å². The second-order valence-electron chi connectivity index (χ2n) is 5.71. The van der Waals surface area contributed by atoms with E-state index in [1.807, 2.05) is 12.1 Å². The lowest BCUT2D eigenvalue weighted by atomic mass is 9.96. The Morgan fingerprint density at radius 2 is 2.00 bits per heavy atom. The third-order valence-corrected chi connectivity index (χ3v) is 4.25. The number of benzene rings is 2. The molecule has 0 aliphatic carbocycles. The van der Waals surface area contributed by atoms with E-state index in [1.54, 1.807) is 0 Å². The van der Waals surface area contributed by atoms with Crippen molar-refractivity contribution in [2.75, 3.05) is 13.2 Å². The van der Waals surface area contributed by atoms with Crippen molar-refractivity contribution in [2.24, 2.45) is 0 Å². The van der Waals surface area contributed by atoms with Gasteiger partial charge in [-0.2, -0.15) is 0 Å². The van der Waals surface area contributed by atoms with Gasteiger partial charge in [-0.25, -0.2) is 4.39 Å². The molecule has 116 valence electrons. The van der Waals surface area contributed by atoms with Crippen LogP contribution in [0.3, 0.4) is 0 Å². The molecular formula is C19H22FNO. The van der Waals surface area contributed by atoms with Crippen LogP contribution in [-0.2, 0) is 12.8 Å². The molecule has 22 heavy (non-hydrogen) atoms. The molecule has 1 heterocycles. The molecule has 0 aromatic heterocycles. The smallest absolute Gasteiger partial charge is 0.127 e. The molecule has 3 heteroatoms. The number of para-hydroxylation sites is 1. The molecule has 1 atom stereocenters. The van der Waals surface area contributed by atoms with Gasteiger partial charge in [-0.15, -0.1) is 0 Å². The molecule has 1 unspecified atom stereocenters. The van der Waals surface area contributed by atoms with Gasteiger partial charge in [0.15, 0.2) is 0 Å². The van der Waals surface area contributed by atoms with Crippen LogP contribution in [-0.4, -0.2) is 13.2 Å². The molecule has 0 bridgehead atoms. The highest BCUT2D eigenvalue weighted by atomic mass is 19.1. The monoisotopic (exact) mass is 299 g/mol. The fourth-order valence-electron chi connectivity index (χ4n) is 3.02.